The number of halogens is 1. The molecule has 2 aromatic rings. The van der Waals surface area contributed by atoms with Crippen molar-refractivity contribution in [1.82, 2.24) is 4.98 Å². The first-order chi connectivity index (χ1) is 6.66. The zero-order chi connectivity index (χ0) is 10.1. The van der Waals surface area contributed by atoms with Crippen molar-refractivity contribution in [3.63, 3.8) is 0 Å². The Hall–Kier alpha value is -1.35. The Morgan fingerprint density at radius 1 is 1.36 bits per heavy atom. The minimum atomic E-state index is -0.174. The lowest BCUT2D eigenvalue weighted by atomic mass is 10.1. The number of quaternary nitrogens is 1. The summed E-state index contributed by atoms with van der Waals surface area (Å²) in [5.41, 5.74) is 2.17. The van der Waals surface area contributed by atoms with Crippen LogP contribution in [0.25, 0.3) is 10.9 Å². The fourth-order valence-electron chi connectivity index (χ4n) is 1.68. The average molecular weight is 193 g/mol. The highest BCUT2D eigenvalue weighted by Crippen LogP contribution is 2.18. The van der Waals surface area contributed by atoms with Crippen LogP contribution >= 0.6 is 0 Å². The molecule has 0 aliphatic carbocycles. The molecule has 0 aliphatic heterocycles. The van der Waals surface area contributed by atoms with Gasteiger partial charge >= 0.3 is 0 Å². The topological polar surface area (TPSA) is 20.2 Å². The van der Waals surface area contributed by atoms with Gasteiger partial charge in [-0.1, -0.05) is 0 Å². The molecule has 0 amide bonds. The molecule has 1 aromatic carbocycles. The van der Waals surface area contributed by atoms with Gasteiger partial charge in [0, 0.05) is 22.7 Å². The average Bonchev–Trinajstić information content (AvgIpc) is 2.47. The van der Waals surface area contributed by atoms with E-state index >= 15 is 0 Å². The van der Waals surface area contributed by atoms with Gasteiger partial charge in [0.05, 0.1) is 14.1 Å². The Bertz CT molecular complexity index is 445. The van der Waals surface area contributed by atoms with Crippen molar-refractivity contribution < 1.29 is 9.29 Å². The SMILES string of the molecule is C[NH+](C)Cc1c[nH]c2ccc(F)cc12. The molecule has 74 valence electrons. The highest BCUT2D eigenvalue weighted by Gasteiger charge is 2.06. The van der Waals surface area contributed by atoms with E-state index in [1.807, 2.05) is 6.20 Å². The molecule has 0 saturated heterocycles. The van der Waals surface area contributed by atoms with Crippen LogP contribution in [0.3, 0.4) is 0 Å². The summed E-state index contributed by atoms with van der Waals surface area (Å²) in [5.74, 6) is -0.174. The number of rotatable bonds is 2. The first-order valence-electron chi connectivity index (χ1n) is 4.71. The van der Waals surface area contributed by atoms with E-state index in [1.54, 1.807) is 12.1 Å². The summed E-state index contributed by atoms with van der Waals surface area (Å²) in [6.45, 7) is 0.906. The van der Waals surface area contributed by atoms with Gasteiger partial charge in [-0.05, 0) is 18.2 Å². The Morgan fingerprint density at radius 2 is 2.14 bits per heavy atom. The highest BCUT2D eigenvalue weighted by molar-refractivity contribution is 5.82. The second-order valence-electron chi connectivity index (χ2n) is 3.89. The molecule has 14 heavy (non-hydrogen) atoms. The summed E-state index contributed by atoms with van der Waals surface area (Å²) in [7, 11) is 4.16. The monoisotopic (exact) mass is 193 g/mol. The third-order valence-corrected chi connectivity index (χ3v) is 2.27. The van der Waals surface area contributed by atoms with Gasteiger partial charge < -0.3 is 9.88 Å². The molecule has 0 bridgehead atoms. The van der Waals surface area contributed by atoms with E-state index in [1.165, 1.54) is 16.5 Å². The molecule has 0 spiro atoms. The van der Waals surface area contributed by atoms with Crippen LogP contribution in [0.2, 0.25) is 0 Å². The van der Waals surface area contributed by atoms with Crippen LogP contribution in [-0.2, 0) is 6.54 Å². The van der Waals surface area contributed by atoms with Crippen molar-refractivity contribution in [2.24, 2.45) is 0 Å². The second kappa shape index (κ2) is 3.42. The molecule has 2 rings (SSSR count). The van der Waals surface area contributed by atoms with Crippen LogP contribution in [0, 0.1) is 5.82 Å². The summed E-state index contributed by atoms with van der Waals surface area (Å²) >= 11 is 0. The minimum absolute atomic E-state index is 0.174. The van der Waals surface area contributed by atoms with Crippen molar-refractivity contribution >= 4 is 10.9 Å². The van der Waals surface area contributed by atoms with Crippen LogP contribution in [0.1, 0.15) is 5.56 Å². The third-order valence-electron chi connectivity index (χ3n) is 2.27. The lowest BCUT2D eigenvalue weighted by Gasteiger charge is -2.05. The van der Waals surface area contributed by atoms with E-state index in [-0.39, 0.29) is 5.82 Å². The van der Waals surface area contributed by atoms with Crippen LogP contribution in [0.15, 0.2) is 24.4 Å². The Morgan fingerprint density at radius 3 is 2.86 bits per heavy atom. The van der Waals surface area contributed by atoms with Crippen LogP contribution < -0.4 is 4.90 Å². The Labute approximate surface area is 82.3 Å². The minimum Gasteiger partial charge on any atom is -0.361 e. The summed E-state index contributed by atoms with van der Waals surface area (Å²) in [6.07, 6.45) is 1.96. The van der Waals surface area contributed by atoms with Gasteiger partial charge in [-0.25, -0.2) is 4.39 Å². The van der Waals surface area contributed by atoms with Crippen LogP contribution in [0.5, 0.6) is 0 Å². The summed E-state index contributed by atoms with van der Waals surface area (Å²) in [5, 5.41) is 0.992. The fourth-order valence-corrected chi connectivity index (χ4v) is 1.68. The van der Waals surface area contributed by atoms with Crippen molar-refractivity contribution in [2.75, 3.05) is 14.1 Å². The Balaban J connectivity index is 2.50. The van der Waals surface area contributed by atoms with E-state index in [0.717, 1.165) is 17.4 Å². The zero-order valence-electron chi connectivity index (χ0n) is 8.39. The van der Waals surface area contributed by atoms with Gasteiger partial charge in [-0.2, -0.15) is 0 Å². The molecule has 2 N–H and O–H groups in total. The van der Waals surface area contributed by atoms with Gasteiger partial charge in [0.1, 0.15) is 12.4 Å². The molecule has 0 fully saturated rings. The van der Waals surface area contributed by atoms with Crippen molar-refractivity contribution in [1.29, 1.82) is 0 Å². The molecular formula is C11H14FN2+. The summed E-state index contributed by atoms with van der Waals surface area (Å²) in [4.78, 5) is 4.47. The van der Waals surface area contributed by atoms with Crippen molar-refractivity contribution in [3.05, 3.63) is 35.8 Å². The number of hydrogen-bond donors (Lipinski definition) is 2. The quantitative estimate of drug-likeness (QED) is 0.708. The first kappa shape index (κ1) is 9.21. The molecular weight excluding hydrogens is 179 g/mol. The molecule has 3 heteroatoms. The van der Waals surface area contributed by atoms with Gasteiger partial charge in [0.15, 0.2) is 0 Å². The molecule has 0 unspecified atom stereocenters. The number of nitrogens with one attached hydrogen (secondary N) is 2. The summed E-state index contributed by atoms with van der Waals surface area (Å²) in [6, 6.07) is 4.84. The van der Waals surface area contributed by atoms with Crippen LogP contribution in [0.4, 0.5) is 4.39 Å². The predicted molar refractivity (Wildman–Crippen MR) is 54.8 cm³/mol. The van der Waals surface area contributed by atoms with E-state index in [4.69, 9.17) is 0 Å². The largest absolute Gasteiger partial charge is 0.361 e. The summed E-state index contributed by atoms with van der Waals surface area (Å²) < 4.78 is 13.0. The molecule has 1 aromatic heterocycles. The molecule has 0 radical (unpaired) electrons. The Kier molecular flexibility index (Phi) is 2.25. The predicted octanol–water partition coefficient (Wildman–Crippen LogP) is 0.952. The van der Waals surface area contributed by atoms with Crippen molar-refractivity contribution in [2.45, 2.75) is 6.54 Å². The molecule has 0 saturated carbocycles. The van der Waals surface area contributed by atoms with Crippen molar-refractivity contribution in [3.8, 4) is 0 Å². The highest BCUT2D eigenvalue weighted by atomic mass is 19.1. The lowest BCUT2D eigenvalue weighted by molar-refractivity contribution is -0.872. The normalized spacial score (nSPS) is 11.4. The van der Waals surface area contributed by atoms with Crippen LogP contribution in [-0.4, -0.2) is 19.1 Å². The number of hydrogen-bond acceptors (Lipinski definition) is 0. The molecule has 1 heterocycles. The number of aromatic amines is 1. The smallest absolute Gasteiger partial charge is 0.123 e. The zero-order valence-corrected chi connectivity index (χ0v) is 8.39. The lowest BCUT2D eigenvalue weighted by Crippen LogP contribution is -3.04. The third kappa shape index (κ3) is 1.63. The number of benzene rings is 1. The maximum absolute atomic E-state index is 13.0. The van der Waals surface area contributed by atoms with Gasteiger partial charge in [0.25, 0.3) is 0 Å². The molecule has 0 aliphatic rings. The van der Waals surface area contributed by atoms with Gasteiger partial charge in [-0.15, -0.1) is 0 Å². The number of fused-ring (bicyclic) bond motifs is 1. The van der Waals surface area contributed by atoms with E-state index in [0.29, 0.717) is 0 Å². The van der Waals surface area contributed by atoms with E-state index < -0.39 is 0 Å². The number of H-pyrrole nitrogens is 1. The standard InChI is InChI=1S/C11H13FN2/c1-14(2)7-8-6-13-11-4-3-9(12)5-10(8)11/h3-6,13H,7H2,1-2H3/p+1. The fraction of sp³-hybridized carbons (Fsp3) is 0.273. The number of aromatic nitrogens is 1. The maximum Gasteiger partial charge on any atom is 0.123 e. The maximum atomic E-state index is 13.0. The van der Waals surface area contributed by atoms with Gasteiger partial charge in [0.2, 0.25) is 0 Å². The van der Waals surface area contributed by atoms with E-state index in [9.17, 15) is 4.39 Å². The molecule has 2 nitrogen and oxygen atoms in total. The van der Waals surface area contributed by atoms with E-state index in [2.05, 4.69) is 19.1 Å². The second-order valence-corrected chi connectivity index (χ2v) is 3.89. The van der Waals surface area contributed by atoms with Gasteiger partial charge in [-0.3, -0.25) is 0 Å². The first-order valence-corrected chi connectivity index (χ1v) is 4.71. The molecule has 0 atom stereocenters.